The summed E-state index contributed by atoms with van der Waals surface area (Å²) < 4.78 is 0. The van der Waals surface area contributed by atoms with Crippen LogP contribution in [0.1, 0.15) is 129 Å². The predicted octanol–water partition coefficient (Wildman–Crippen LogP) is 7.85. The quantitative estimate of drug-likeness (QED) is 0.306. The Bertz CT molecular complexity index is 810. The zero-order chi connectivity index (χ0) is 28.5. The largest absolute Gasteiger partial charge is 0.366 e. The predicted molar refractivity (Wildman–Crippen MR) is 156 cm³/mol. The Hall–Kier alpha value is -1.91. The molecule has 0 radical (unpaired) electrons. The van der Waals surface area contributed by atoms with Crippen molar-refractivity contribution in [2.24, 2.45) is 27.5 Å². The molecular formula is C31H57N3O2. The third kappa shape index (κ3) is 10.6. The number of nitrogens with zero attached hydrogens (tertiary/aromatic N) is 2. The second kappa shape index (κ2) is 14.1. The van der Waals surface area contributed by atoms with Crippen LogP contribution in [0.2, 0.25) is 0 Å². The molecule has 2 aliphatic rings. The molecule has 5 nitrogen and oxygen atoms in total. The maximum Gasteiger partial charge on any atom is 0.269 e. The molecule has 1 spiro atoms. The summed E-state index contributed by atoms with van der Waals surface area (Å²) in [5, 5.41) is 0. The van der Waals surface area contributed by atoms with Crippen molar-refractivity contribution in [3.63, 3.8) is 0 Å². The lowest BCUT2D eigenvalue weighted by Gasteiger charge is -2.47. The van der Waals surface area contributed by atoms with Crippen molar-refractivity contribution in [1.29, 1.82) is 0 Å². The van der Waals surface area contributed by atoms with E-state index in [0.717, 1.165) is 37.2 Å². The molecule has 1 heterocycles. The molecule has 1 fully saturated rings. The second-order valence-electron chi connectivity index (χ2n) is 12.9. The van der Waals surface area contributed by atoms with Gasteiger partial charge >= 0.3 is 0 Å². The molecular weight excluding hydrogens is 446 g/mol. The van der Waals surface area contributed by atoms with Gasteiger partial charge in [-0.2, -0.15) is 0 Å². The third-order valence-corrected chi connectivity index (χ3v) is 7.17. The van der Waals surface area contributed by atoms with Crippen LogP contribution in [0.5, 0.6) is 0 Å². The molecule has 0 aromatic heterocycles. The van der Waals surface area contributed by atoms with Crippen LogP contribution in [0.15, 0.2) is 28.3 Å². The molecule has 1 atom stereocenters. The molecule has 1 aliphatic heterocycles. The fourth-order valence-electron chi connectivity index (χ4n) is 4.83. The summed E-state index contributed by atoms with van der Waals surface area (Å²) in [6, 6.07) is 0.268. The summed E-state index contributed by atoms with van der Waals surface area (Å²) in [6.45, 7) is 27.6. The minimum Gasteiger partial charge on any atom is -0.366 e. The number of carbonyl (C=O) groups is 2. The van der Waals surface area contributed by atoms with Crippen LogP contribution in [-0.2, 0) is 9.59 Å². The smallest absolute Gasteiger partial charge is 0.269 e. The van der Waals surface area contributed by atoms with Gasteiger partial charge in [-0.1, -0.05) is 73.1 Å². The fraction of sp³-hybridized carbons (Fsp3) is 0.774. The van der Waals surface area contributed by atoms with Crippen molar-refractivity contribution < 1.29 is 9.59 Å². The molecule has 1 unspecified atom stereocenters. The highest BCUT2D eigenvalue weighted by Crippen LogP contribution is 2.47. The summed E-state index contributed by atoms with van der Waals surface area (Å²) in [7, 11) is 0. The Balaban J connectivity index is 0.000000861. The highest BCUT2D eigenvalue weighted by Gasteiger charge is 2.50. The van der Waals surface area contributed by atoms with E-state index in [-0.39, 0.29) is 23.5 Å². The monoisotopic (exact) mass is 503 g/mol. The molecule has 2 amide bonds. The molecule has 36 heavy (non-hydrogen) atoms. The van der Waals surface area contributed by atoms with E-state index < -0.39 is 0 Å². The van der Waals surface area contributed by atoms with E-state index in [1.54, 1.807) is 13.0 Å². The van der Waals surface area contributed by atoms with Crippen molar-refractivity contribution in [3.05, 3.63) is 23.3 Å². The minimum atomic E-state index is -0.363. The van der Waals surface area contributed by atoms with Crippen LogP contribution < -0.4 is 5.73 Å². The van der Waals surface area contributed by atoms with Gasteiger partial charge in [0.1, 0.15) is 5.66 Å². The number of aliphatic imine (C=N–C) groups is 1. The Kier molecular flexibility index (Phi) is 13.4. The number of primary amides is 1. The average molecular weight is 504 g/mol. The van der Waals surface area contributed by atoms with Gasteiger partial charge < -0.3 is 10.6 Å². The standard InChI is InChI=1S/C21H38N2O.C8H13NO.C2H6/c1-15(9-12-19(3,4)5)23-18(24)16(2)22-21(23)13-10-17(11-14-21)20(6,7)8;1-6(2)4-5-7(3)8(9)10;1-2/h15,17H,9-14H2,1-8H3;4-5H,1-3H3,(H2,9,10);1-2H3/b;7-5+;. The number of allylic oxidation sites excluding steroid dienone is 3. The lowest BCUT2D eigenvalue weighted by atomic mass is 9.69. The Morgan fingerprint density at radius 3 is 1.97 bits per heavy atom. The first kappa shape index (κ1) is 34.1. The third-order valence-electron chi connectivity index (χ3n) is 7.17. The van der Waals surface area contributed by atoms with Crippen LogP contribution in [0.3, 0.4) is 0 Å². The van der Waals surface area contributed by atoms with Gasteiger partial charge in [-0.25, -0.2) is 0 Å². The lowest BCUT2D eigenvalue weighted by Crippen LogP contribution is -2.53. The second-order valence-corrected chi connectivity index (χ2v) is 12.9. The summed E-state index contributed by atoms with van der Waals surface area (Å²) in [6.07, 6.45) is 10.2. The van der Waals surface area contributed by atoms with Gasteiger partial charge in [0, 0.05) is 11.6 Å². The van der Waals surface area contributed by atoms with Gasteiger partial charge in [-0.05, 0) is 89.9 Å². The molecule has 1 saturated carbocycles. The first-order valence-corrected chi connectivity index (χ1v) is 13.9. The van der Waals surface area contributed by atoms with E-state index in [2.05, 4.69) is 53.4 Å². The number of hydrogen-bond acceptors (Lipinski definition) is 3. The van der Waals surface area contributed by atoms with Gasteiger partial charge in [0.25, 0.3) is 5.91 Å². The number of nitrogens with two attached hydrogens (primary N) is 1. The van der Waals surface area contributed by atoms with Crippen LogP contribution in [0, 0.1) is 16.7 Å². The zero-order valence-corrected chi connectivity index (χ0v) is 25.8. The summed E-state index contributed by atoms with van der Waals surface area (Å²) in [5.41, 5.74) is 7.85. The lowest BCUT2D eigenvalue weighted by molar-refractivity contribution is -0.133. The van der Waals surface area contributed by atoms with E-state index in [1.165, 1.54) is 12.8 Å². The summed E-state index contributed by atoms with van der Waals surface area (Å²) in [5.74, 6) is 0.546. The first-order chi connectivity index (χ1) is 16.4. The van der Waals surface area contributed by atoms with Crippen molar-refractivity contribution in [3.8, 4) is 0 Å². The minimum absolute atomic E-state index is 0.172. The molecule has 1 aliphatic carbocycles. The molecule has 0 aromatic carbocycles. The fourth-order valence-corrected chi connectivity index (χ4v) is 4.83. The Morgan fingerprint density at radius 1 is 1.08 bits per heavy atom. The zero-order valence-electron chi connectivity index (χ0n) is 25.8. The van der Waals surface area contributed by atoms with Crippen molar-refractivity contribution in [1.82, 2.24) is 4.90 Å². The highest BCUT2D eigenvalue weighted by molar-refractivity contribution is 6.39. The summed E-state index contributed by atoms with van der Waals surface area (Å²) >= 11 is 0. The molecule has 2 rings (SSSR count). The van der Waals surface area contributed by atoms with E-state index in [0.29, 0.717) is 22.1 Å². The van der Waals surface area contributed by atoms with Gasteiger partial charge in [-0.15, -0.1) is 0 Å². The van der Waals surface area contributed by atoms with Crippen molar-refractivity contribution >= 4 is 17.5 Å². The average Bonchev–Trinajstić information content (AvgIpc) is 3.00. The van der Waals surface area contributed by atoms with Crippen molar-refractivity contribution in [2.75, 3.05) is 0 Å². The van der Waals surface area contributed by atoms with Gasteiger partial charge in [0.05, 0.1) is 5.71 Å². The molecule has 2 N–H and O–H groups in total. The van der Waals surface area contributed by atoms with Crippen LogP contribution in [0.25, 0.3) is 0 Å². The van der Waals surface area contributed by atoms with Crippen LogP contribution in [-0.4, -0.2) is 34.1 Å². The Labute approximate surface area is 223 Å². The molecule has 208 valence electrons. The van der Waals surface area contributed by atoms with Crippen LogP contribution in [0.4, 0.5) is 0 Å². The maximum atomic E-state index is 12.8. The SMILES string of the molecule is CC.CC(C)=C/C=C(\C)C(N)=O.CC1=NC2(CCC(C(C)(C)C)CC2)N(C(C)CCC(C)(C)C)C1=O. The van der Waals surface area contributed by atoms with E-state index >= 15 is 0 Å². The van der Waals surface area contributed by atoms with E-state index in [9.17, 15) is 9.59 Å². The van der Waals surface area contributed by atoms with Gasteiger partial charge in [-0.3, -0.25) is 14.6 Å². The normalized spacial score (nSPS) is 23.2. The van der Waals surface area contributed by atoms with Gasteiger partial charge in [0.15, 0.2) is 0 Å². The van der Waals surface area contributed by atoms with Crippen molar-refractivity contribution in [2.45, 2.75) is 140 Å². The number of carbonyl (C=O) groups excluding carboxylic acids is 2. The molecule has 5 heteroatoms. The summed E-state index contributed by atoms with van der Waals surface area (Å²) in [4.78, 5) is 30.3. The van der Waals surface area contributed by atoms with Gasteiger partial charge in [0.2, 0.25) is 5.91 Å². The number of amides is 2. The van der Waals surface area contributed by atoms with Crippen LogP contribution >= 0.6 is 0 Å². The molecule has 0 aromatic rings. The number of hydrogen-bond donors (Lipinski definition) is 1. The molecule has 0 bridgehead atoms. The van der Waals surface area contributed by atoms with E-state index in [4.69, 9.17) is 10.7 Å². The molecule has 0 saturated heterocycles. The highest BCUT2D eigenvalue weighted by atomic mass is 16.2. The van der Waals surface area contributed by atoms with E-state index in [1.807, 2.05) is 40.7 Å². The Morgan fingerprint density at radius 2 is 1.58 bits per heavy atom. The number of rotatable bonds is 5. The first-order valence-electron chi connectivity index (χ1n) is 13.9. The topological polar surface area (TPSA) is 75.8 Å². The maximum absolute atomic E-state index is 12.8.